The Hall–Kier alpha value is -1.77. The number of nitrogens with zero attached hydrogens (tertiary/aromatic N) is 2. The second-order valence-electron chi connectivity index (χ2n) is 6.84. The third-order valence-corrected chi connectivity index (χ3v) is 6.87. The van der Waals surface area contributed by atoms with Crippen LogP contribution in [-0.2, 0) is 14.6 Å². The standard InChI is InChI=1S/C18H24N2O5S/c1-13(21)14-5-3-4-6-15(14)18(22)20-8-7-19(9-10-25-2)16-11-26(23,24)12-17(16)20/h3-6,16-17H,7-12H2,1-2H3/t16-,17+/m1/s1. The molecule has 2 saturated heterocycles. The Bertz CT molecular complexity index is 808. The van der Waals surface area contributed by atoms with Crippen LogP contribution in [0, 0.1) is 0 Å². The zero-order chi connectivity index (χ0) is 18.9. The molecule has 0 N–H and O–H groups in total. The second kappa shape index (κ2) is 7.46. The zero-order valence-electron chi connectivity index (χ0n) is 15.1. The number of carbonyl (C=O) groups excluding carboxylic acids is 2. The van der Waals surface area contributed by atoms with E-state index in [-0.39, 0.29) is 29.2 Å². The molecular formula is C18H24N2O5S. The van der Waals surface area contributed by atoms with Crippen molar-refractivity contribution in [1.29, 1.82) is 0 Å². The van der Waals surface area contributed by atoms with Crippen LogP contribution < -0.4 is 0 Å². The molecule has 0 radical (unpaired) electrons. The molecule has 142 valence electrons. The Morgan fingerprint density at radius 2 is 1.77 bits per heavy atom. The summed E-state index contributed by atoms with van der Waals surface area (Å²) in [7, 11) is -1.59. The number of piperazine rings is 1. The van der Waals surface area contributed by atoms with Crippen LogP contribution in [0.5, 0.6) is 0 Å². The van der Waals surface area contributed by atoms with E-state index in [4.69, 9.17) is 4.74 Å². The number of carbonyl (C=O) groups is 2. The van der Waals surface area contributed by atoms with E-state index in [0.717, 1.165) is 0 Å². The number of rotatable bonds is 5. The van der Waals surface area contributed by atoms with Gasteiger partial charge < -0.3 is 9.64 Å². The molecule has 1 aromatic rings. The Morgan fingerprint density at radius 1 is 1.12 bits per heavy atom. The molecular weight excluding hydrogens is 356 g/mol. The summed E-state index contributed by atoms with van der Waals surface area (Å²) in [4.78, 5) is 28.7. The van der Waals surface area contributed by atoms with Gasteiger partial charge in [0.15, 0.2) is 15.6 Å². The van der Waals surface area contributed by atoms with Gasteiger partial charge in [-0.05, 0) is 13.0 Å². The number of benzene rings is 1. The summed E-state index contributed by atoms with van der Waals surface area (Å²) in [6.45, 7) is 3.61. The summed E-state index contributed by atoms with van der Waals surface area (Å²) in [5.41, 5.74) is 0.713. The molecule has 0 saturated carbocycles. The van der Waals surface area contributed by atoms with Crippen molar-refractivity contribution >= 4 is 21.5 Å². The maximum Gasteiger partial charge on any atom is 0.254 e. The number of methoxy groups -OCH3 is 1. The number of sulfone groups is 1. The van der Waals surface area contributed by atoms with E-state index >= 15 is 0 Å². The van der Waals surface area contributed by atoms with Crippen molar-refractivity contribution in [1.82, 2.24) is 9.80 Å². The van der Waals surface area contributed by atoms with E-state index in [0.29, 0.717) is 37.4 Å². The van der Waals surface area contributed by atoms with Gasteiger partial charge in [0.25, 0.3) is 5.91 Å². The van der Waals surface area contributed by atoms with Crippen LogP contribution in [0.1, 0.15) is 27.6 Å². The molecule has 3 rings (SSSR count). The van der Waals surface area contributed by atoms with E-state index in [9.17, 15) is 18.0 Å². The molecule has 0 unspecified atom stereocenters. The minimum atomic E-state index is -3.21. The minimum Gasteiger partial charge on any atom is -0.383 e. The van der Waals surface area contributed by atoms with E-state index in [1.54, 1.807) is 36.3 Å². The molecule has 2 aliphatic heterocycles. The van der Waals surface area contributed by atoms with Crippen LogP contribution in [0.3, 0.4) is 0 Å². The largest absolute Gasteiger partial charge is 0.383 e. The summed E-state index contributed by atoms with van der Waals surface area (Å²) in [6, 6.07) is 6.09. The van der Waals surface area contributed by atoms with Gasteiger partial charge in [-0.15, -0.1) is 0 Å². The molecule has 1 amide bonds. The number of Topliss-reactive ketones (excluding diaryl/α,β-unsaturated/α-hetero) is 1. The van der Waals surface area contributed by atoms with E-state index in [1.807, 2.05) is 0 Å². The first-order valence-corrected chi connectivity index (χ1v) is 10.5. The molecule has 7 nitrogen and oxygen atoms in total. The van der Waals surface area contributed by atoms with Gasteiger partial charge in [-0.2, -0.15) is 0 Å². The lowest BCUT2D eigenvalue weighted by Crippen LogP contribution is -2.61. The third-order valence-electron chi connectivity index (χ3n) is 5.17. The van der Waals surface area contributed by atoms with Gasteiger partial charge in [-0.25, -0.2) is 8.42 Å². The van der Waals surface area contributed by atoms with Crippen LogP contribution >= 0.6 is 0 Å². The lowest BCUT2D eigenvalue weighted by molar-refractivity contribution is 0.0246. The predicted octanol–water partition coefficient (Wildman–Crippen LogP) is 0.459. The normalized spacial score (nSPS) is 25.1. The fourth-order valence-corrected chi connectivity index (χ4v) is 5.91. The van der Waals surface area contributed by atoms with Crippen LogP contribution in [0.2, 0.25) is 0 Å². The lowest BCUT2D eigenvalue weighted by atomic mass is 9.99. The molecule has 2 fully saturated rings. The fraction of sp³-hybridized carbons (Fsp3) is 0.556. The van der Waals surface area contributed by atoms with Gasteiger partial charge in [0.1, 0.15) is 0 Å². The monoisotopic (exact) mass is 380 g/mol. The Labute approximate surface area is 153 Å². The molecule has 8 heteroatoms. The molecule has 0 aliphatic carbocycles. The molecule has 0 bridgehead atoms. The number of hydrogen-bond donors (Lipinski definition) is 0. The Kier molecular flexibility index (Phi) is 5.45. The van der Waals surface area contributed by atoms with Crippen LogP contribution in [0.15, 0.2) is 24.3 Å². The number of ether oxygens (including phenoxy) is 1. The quantitative estimate of drug-likeness (QED) is 0.690. The highest BCUT2D eigenvalue weighted by Crippen LogP contribution is 2.28. The van der Waals surface area contributed by atoms with Crippen LogP contribution in [0.25, 0.3) is 0 Å². The third kappa shape index (κ3) is 3.67. The first-order valence-electron chi connectivity index (χ1n) is 8.68. The summed E-state index contributed by atoms with van der Waals surface area (Å²) in [5, 5.41) is 0. The Morgan fingerprint density at radius 3 is 2.42 bits per heavy atom. The average molecular weight is 380 g/mol. The maximum absolute atomic E-state index is 13.1. The summed E-state index contributed by atoms with van der Waals surface area (Å²) < 4.78 is 29.6. The van der Waals surface area contributed by atoms with Gasteiger partial charge in [0, 0.05) is 38.3 Å². The van der Waals surface area contributed by atoms with Crippen molar-refractivity contribution in [3.8, 4) is 0 Å². The van der Waals surface area contributed by atoms with Crippen molar-refractivity contribution in [2.75, 3.05) is 44.9 Å². The van der Waals surface area contributed by atoms with E-state index in [1.165, 1.54) is 6.92 Å². The smallest absolute Gasteiger partial charge is 0.254 e. The zero-order valence-corrected chi connectivity index (χ0v) is 15.9. The fourth-order valence-electron chi connectivity index (χ4n) is 3.89. The SMILES string of the molecule is COCCN1CCN(C(=O)c2ccccc2C(C)=O)[C@H]2CS(=O)(=O)C[C@H]21. The number of hydrogen-bond acceptors (Lipinski definition) is 6. The maximum atomic E-state index is 13.1. The van der Waals surface area contributed by atoms with Crippen LogP contribution in [0.4, 0.5) is 0 Å². The van der Waals surface area contributed by atoms with Crippen molar-refractivity contribution in [2.45, 2.75) is 19.0 Å². The Balaban J connectivity index is 1.89. The summed E-state index contributed by atoms with van der Waals surface area (Å²) in [5.74, 6) is -0.424. The topological polar surface area (TPSA) is 84.0 Å². The van der Waals surface area contributed by atoms with Gasteiger partial charge in [-0.3, -0.25) is 14.5 Å². The van der Waals surface area contributed by atoms with E-state index in [2.05, 4.69) is 4.90 Å². The average Bonchev–Trinajstić information content (AvgIpc) is 2.94. The molecule has 0 spiro atoms. The number of ketones is 1. The molecule has 2 heterocycles. The lowest BCUT2D eigenvalue weighted by Gasteiger charge is -2.44. The minimum absolute atomic E-state index is 0.0326. The van der Waals surface area contributed by atoms with Crippen molar-refractivity contribution in [2.24, 2.45) is 0 Å². The van der Waals surface area contributed by atoms with Crippen molar-refractivity contribution < 1.29 is 22.7 Å². The van der Waals surface area contributed by atoms with E-state index < -0.39 is 15.9 Å². The first-order chi connectivity index (χ1) is 12.3. The highest BCUT2D eigenvalue weighted by molar-refractivity contribution is 7.91. The van der Waals surface area contributed by atoms with Gasteiger partial charge in [0.2, 0.25) is 0 Å². The second-order valence-corrected chi connectivity index (χ2v) is 8.99. The summed E-state index contributed by atoms with van der Waals surface area (Å²) in [6.07, 6.45) is 0. The van der Waals surface area contributed by atoms with Crippen molar-refractivity contribution in [3.05, 3.63) is 35.4 Å². The first kappa shape index (κ1) is 19.0. The molecule has 1 aromatic carbocycles. The van der Waals surface area contributed by atoms with Crippen LogP contribution in [-0.4, -0.2) is 86.8 Å². The molecule has 26 heavy (non-hydrogen) atoms. The van der Waals surface area contributed by atoms with Crippen molar-refractivity contribution in [3.63, 3.8) is 0 Å². The van der Waals surface area contributed by atoms with Gasteiger partial charge in [-0.1, -0.05) is 18.2 Å². The van der Waals surface area contributed by atoms with Gasteiger partial charge in [0.05, 0.1) is 29.7 Å². The summed E-state index contributed by atoms with van der Waals surface area (Å²) >= 11 is 0. The predicted molar refractivity (Wildman–Crippen MR) is 97.2 cm³/mol. The molecule has 2 aliphatic rings. The molecule has 2 atom stereocenters. The number of fused-ring (bicyclic) bond motifs is 1. The highest BCUT2D eigenvalue weighted by atomic mass is 32.2. The van der Waals surface area contributed by atoms with Gasteiger partial charge >= 0.3 is 0 Å². The highest BCUT2D eigenvalue weighted by Gasteiger charge is 2.48. The molecule has 0 aromatic heterocycles. The number of amides is 1.